The minimum absolute atomic E-state index is 0.123. The molecule has 1 fully saturated rings. The minimum atomic E-state index is -2.01. The molecule has 8 bridgehead atoms. The van der Waals surface area contributed by atoms with E-state index in [1.807, 2.05) is 48.5 Å². The zero-order chi connectivity index (χ0) is 49.8. The summed E-state index contributed by atoms with van der Waals surface area (Å²) in [5, 5.41) is 53.9. The first-order valence-electron chi connectivity index (χ1n) is 22.6. The molecule has 10 rings (SSSR count). The summed E-state index contributed by atoms with van der Waals surface area (Å²) in [6.45, 7) is 10.4. The lowest BCUT2D eigenvalue weighted by molar-refractivity contribution is -0.252. The fourth-order valence-corrected chi connectivity index (χ4v) is 8.28. The van der Waals surface area contributed by atoms with Crippen molar-refractivity contribution in [2.45, 2.75) is 141 Å². The van der Waals surface area contributed by atoms with Gasteiger partial charge in [-0.15, -0.1) is 10.2 Å². The number of aromatic nitrogens is 6. The van der Waals surface area contributed by atoms with Gasteiger partial charge in [-0.2, -0.15) is 0 Å². The van der Waals surface area contributed by atoms with Crippen molar-refractivity contribution in [1.29, 1.82) is 0 Å². The summed E-state index contributed by atoms with van der Waals surface area (Å²) in [6.07, 6.45) is -5.38. The van der Waals surface area contributed by atoms with Gasteiger partial charge in [0.25, 0.3) is 11.8 Å². The molecule has 7 heterocycles. The van der Waals surface area contributed by atoms with Crippen molar-refractivity contribution in [3.63, 3.8) is 0 Å². The number of carbonyl (C=O) groups is 6. The summed E-state index contributed by atoms with van der Waals surface area (Å²) >= 11 is 0. The highest BCUT2D eigenvalue weighted by atomic mass is 16.7. The molecular formula is C47H58N10O12. The normalized spacial score (nSPS) is 23.2. The van der Waals surface area contributed by atoms with E-state index < -0.39 is 89.5 Å². The van der Waals surface area contributed by atoms with E-state index in [0.717, 1.165) is 32.7 Å². The number of benzene rings is 3. The van der Waals surface area contributed by atoms with Crippen molar-refractivity contribution in [2.75, 3.05) is 7.11 Å². The van der Waals surface area contributed by atoms with Crippen LogP contribution in [0.2, 0.25) is 0 Å². The number of esters is 2. The molecule has 5 aromatic rings. The molecule has 0 saturated carbocycles. The third-order valence-electron chi connectivity index (χ3n) is 11.4. The van der Waals surface area contributed by atoms with E-state index >= 15 is 0 Å². The van der Waals surface area contributed by atoms with E-state index in [4.69, 9.17) is 18.9 Å². The third-order valence-corrected chi connectivity index (χ3v) is 11.4. The Morgan fingerprint density at radius 1 is 0.696 bits per heavy atom. The Morgan fingerprint density at radius 2 is 1.20 bits per heavy atom. The van der Waals surface area contributed by atoms with Gasteiger partial charge < -0.3 is 50.4 Å². The summed E-state index contributed by atoms with van der Waals surface area (Å²) in [7, 11) is 1.17. The zero-order valence-corrected chi connectivity index (χ0v) is 39.4. The quantitative estimate of drug-likeness (QED) is 0.0991. The fourth-order valence-electron chi connectivity index (χ4n) is 8.28. The third kappa shape index (κ3) is 12.2. The fraction of sp³-hybridized carbons (Fsp3) is 0.489. The molecule has 4 amide bonds. The molecule has 0 spiro atoms. The number of aliphatic hydroxyl groups excluding tert-OH is 2. The van der Waals surface area contributed by atoms with Gasteiger partial charge in [-0.05, 0) is 87.1 Å². The van der Waals surface area contributed by atoms with Crippen LogP contribution in [0.15, 0.2) is 60.9 Å². The molecule has 1 saturated heterocycles. The maximum Gasteiger partial charge on any atom is 0.306 e. The predicted octanol–water partition coefficient (Wildman–Crippen LogP) is 1.31. The molecule has 7 atom stereocenters. The van der Waals surface area contributed by atoms with Crippen LogP contribution in [0.4, 0.5) is 0 Å². The van der Waals surface area contributed by atoms with Gasteiger partial charge in [0.2, 0.25) is 11.8 Å². The Morgan fingerprint density at radius 3 is 1.72 bits per heavy atom. The largest absolute Gasteiger partial charge is 0.460 e. The first-order valence-corrected chi connectivity index (χ1v) is 22.6. The average molecular weight is 955 g/mol. The lowest BCUT2D eigenvalue weighted by Gasteiger charge is -2.42. The lowest BCUT2D eigenvalue weighted by Crippen LogP contribution is -2.68. The minimum Gasteiger partial charge on any atom is -0.460 e. The molecule has 2 aromatic heterocycles. The summed E-state index contributed by atoms with van der Waals surface area (Å²) in [6, 6.07) is 11.3. The van der Waals surface area contributed by atoms with Crippen LogP contribution in [0.5, 0.6) is 0 Å². The summed E-state index contributed by atoms with van der Waals surface area (Å²) in [5.74, 6) is -4.80. The molecule has 5 aliphatic heterocycles. The molecule has 0 unspecified atom stereocenters. The Bertz CT molecular complexity index is 2670. The Kier molecular flexibility index (Phi) is 15.1. The maximum atomic E-state index is 14.1. The lowest BCUT2D eigenvalue weighted by atomic mass is 9.91. The highest BCUT2D eigenvalue weighted by molar-refractivity contribution is 6.06. The molecule has 368 valence electrons. The predicted molar refractivity (Wildman–Crippen MR) is 245 cm³/mol. The molecule has 69 heavy (non-hydrogen) atoms. The van der Waals surface area contributed by atoms with Crippen molar-refractivity contribution in [1.82, 2.24) is 51.3 Å². The van der Waals surface area contributed by atoms with Crippen molar-refractivity contribution in [3.8, 4) is 0 Å². The number of amides is 4. The van der Waals surface area contributed by atoms with Crippen LogP contribution in [0.3, 0.4) is 0 Å². The maximum absolute atomic E-state index is 14.1. The number of rotatable bonds is 7. The number of aliphatic hydroxyl groups is 2. The first-order chi connectivity index (χ1) is 32.7. The van der Waals surface area contributed by atoms with Gasteiger partial charge in [-0.1, -0.05) is 59.0 Å². The van der Waals surface area contributed by atoms with E-state index in [2.05, 4.69) is 41.9 Å². The Labute approximate surface area is 396 Å². The van der Waals surface area contributed by atoms with Gasteiger partial charge in [-0.25, -0.2) is 9.36 Å². The number of hydrogen-bond donors (Lipinski definition) is 6. The van der Waals surface area contributed by atoms with Crippen LogP contribution >= 0.6 is 0 Å². The average Bonchev–Trinajstić information content (AvgIpc) is 3.96. The first kappa shape index (κ1) is 50.0. The van der Waals surface area contributed by atoms with Crippen LogP contribution in [-0.2, 0) is 62.6 Å². The van der Waals surface area contributed by atoms with Crippen LogP contribution in [-0.4, -0.2) is 137 Å². The van der Waals surface area contributed by atoms with E-state index in [0.29, 0.717) is 5.69 Å². The second kappa shape index (κ2) is 20.8. The number of methoxy groups -OCH3 is 1. The summed E-state index contributed by atoms with van der Waals surface area (Å²) in [4.78, 5) is 81.5. The molecular weight excluding hydrogens is 897 g/mol. The van der Waals surface area contributed by atoms with Crippen molar-refractivity contribution in [2.24, 2.45) is 0 Å². The molecule has 22 nitrogen and oxygen atoms in total. The van der Waals surface area contributed by atoms with Gasteiger partial charge in [0.05, 0.1) is 32.0 Å². The summed E-state index contributed by atoms with van der Waals surface area (Å²) in [5.41, 5.74) is 0.371. The topological polar surface area (TPSA) is 289 Å². The second-order valence-corrected chi connectivity index (χ2v) is 19.0. The Hall–Kier alpha value is -6.88. The number of carbonyl (C=O) groups excluding carboxylic acids is 6. The van der Waals surface area contributed by atoms with Gasteiger partial charge in [-0.3, -0.25) is 28.8 Å². The molecule has 6 N–H and O–H groups in total. The van der Waals surface area contributed by atoms with E-state index in [1.54, 1.807) is 52.4 Å². The van der Waals surface area contributed by atoms with Crippen molar-refractivity contribution < 1.29 is 57.9 Å². The standard InChI is InChI=1S/C47H58N10O12/c1-46(2,3)68-35(58)18-16-32-41(62)48-20-25-21-56(54-52-25)22-30-26-12-8-10-14-28(26)31(29-15-11-9-13-27(29)30)23-57-24-34(53-55-57)43(64)49-33(17-19-36(59)69-47(4,5)6)42(63)51-37-38(60)39(61)40(44(65)50-32)67-45(37)66-7/h8-15,21,24,32-33,37-40,45,60-61H,16-20,22-23H2,1-7H3,(H,48,62)(H,49,64)(H,50,65)(H,51,63)/t32-,33-,37+,38+,39-,40-,45+/m0/s1. The highest BCUT2D eigenvalue weighted by Crippen LogP contribution is 2.34. The van der Waals surface area contributed by atoms with Gasteiger partial charge in [0.1, 0.15) is 47.2 Å². The van der Waals surface area contributed by atoms with E-state index in [9.17, 15) is 39.0 Å². The van der Waals surface area contributed by atoms with Crippen LogP contribution in [0.25, 0.3) is 21.5 Å². The Balaban J connectivity index is 1.26. The van der Waals surface area contributed by atoms with Gasteiger partial charge in [0.15, 0.2) is 18.1 Å². The second-order valence-electron chi connectivity index (χ2n) is 19.0. The van der Waals surface area contributed by atoms with E-state index in [-0.39, 0.29) is 51.0 Å². The monoisotopic (exact) mass is 954 g/mol. The molecule has 5 aliphatic rings. The molecule has 0 aliphatic carbocycles. The van der Waals surface area contributed by atoms with Crippen molar-refractivity contribution in [3.05, 3.63) is 83.4 Å². The van der Waals surface area contributed by atoms with Gasteiger partial charge >= 0.3 is 11.9 Å². The number of nitrogens with one attached hydrogen (secondary N) is 4. The van der Waals surface area contributed by atoms with Crippen molar-refractivity contribution >= 4 is 57.1 Å². The van der Waals surface area contributed by atoms with Crippen LogP contribution in [0.1, 0.15) is 94.5 Å². The SMILES string of the molecule is CO[C@@H]1O[C@@H]2C(=O)N[C@@H](CCC(=O)OC(C)(C)C)C(=O)NCc3cn(nn3)Cc3c4ccccc4c(c4ccccc34)Cn3cc(nn3)C(=O)N[C@@H](CCC(=O)OC(C)(C)C)C(=O)N[C@@H]1[C@@H](O)[C@@H]2O. The summed E-state index contributed by atoms with van der Waals surface area (Å²) < 4.78 is 25.3. The number of nitrogens with zero attached hydrogens (tertiary/aromatic N) is 6. The smallest absolute Gasteiger partial charge is 0.306 e. The molecule has 3 aromatic carbocycles. The zero-order valence-electron chi connectivity index (χ0n) is 39.4. The van der Waals surface area contributed by atoms with E-state index in [1.165, 1.54) is 18.0 Å². The van der Waals surface area contributed by atoms with Crippen LogP contribution in [0, 0.1) is 0 Å². The highest BCUT2D eigenvalue weighted by Gasteiger charge is 2.49. The molecule has 0 radical (unpaired) electrons. The molecule has 22 heteroatoms. The number of ether oxygens (including phenoxy) is 4. The number of hydrogen-bond acceptors (Lipinski definition) is 16. The van der Waals surface area contributed by atoms with Gasteiger partial charge in [0, 0.05) is 20.0 Å². The van der Waals surface area contributed by atoms with Crippen LogP contribution < -0.4 is 21.3 Å².